The minimum atomic E-state index is -0.829. The fourth-order valence-corrected chi connectivity index (χ4v) is 1.29. The summed E-state index contributed by atoms with van der Waals surface area (Å²) in [5.74, 6) is 0. The molecule has 0 bridgehead atoms. The molecular formula is C7H14O5. The number of hydrogen-bond acceptors (Lipinski definition) is 5. The van der Waals surface area contributed by atoms with Crippen molar-refractivity contribution in [3.05, 3.63) is 0 Å². The first-order valence-electron chi connectivity index (χ1n) is 3.74. The molecule has 0 amide bonds. The minimum Gasteiger partial charge on any atom is -0.394 e. The molecule has 4 atom stereocenters. The van der Waals surface area contributed by atoms with Crippen LogP contribution < -0.4 is 0 Å². The number of rotatable bonds is 3. The minimum absolute atomic E-state index is 0.235. The van der Waals surface area contributed by atoms with Gasteiger partial charge in [0.1, 0.15) is 18.3 Å². The molecule has 5 heteroatoms. The molecule has 1 saturated heterocycles. The van der Waals surface area contributed by atoms with Gasteiger partial charge >= 0.3 is 0 Å². The van der Waals surface area contributed by atoms with Crippen LogP contribution in [-0.2, 0) is 14.2 Å². The Kier molecular flexibility index (Phi) is 3.42. The van der Waals surface area contributed by atoms with Crippen molar-refractivity contribution in [2.45, 2.75) is 24.6 Å². The molecule has 0 saturated carbocycles. The quantitative estimate of drug-likeness (QED) is 0.563. The van der Waals surface area contributed by atoms with E-state index in [-0.39, 0.29) is 6.61 Å². The predicted molar refractivity (Wildman–Crippen MR) is 39.6 cm³/mol. The number of ether oxygens (including phenoxy) is 3. The zero-order chi connectivity index (χ0) is 9.14. The van der Waals surface area contributed by atoms with Crippen molar-refractivity contribution in [3.8, 4) is 0 Å². The van der Waals surface area contributed by atoms with Crippen molar-refractivity contribution in [1.82, 2.24) is 0 Å². The Morgan fingerprint density at radius 1 is 1.33 bits per heavy atom. The zero-order valence-corrected chi connectivity index (χ0v) is 7.14. The average molecular weight is 178 g/mol. The molecule has 1 aliphatic rings. The van der Waals surface area contributed by atoms with Gasteiger partial charge in [0.2, 0.25) is 0 Å². The number of methoxy groups -OCH3 is 2. The highest BCUT2D eigenvalue weighted by molar-refractivity contribution is 4.87. The molecule has 0 aliphatic carbocycles. The average Bonchev–Trinajstić information content (AvgIpc) is 2.41. The summed E-state index contributed by atoms with van der Waals surface area (Å²) in [4.78, 5) is 0. The van der Waals surface area contributed by atoms with Crippen molar-refractivity contribution in [3.63, 3.8) is 0 Å². The summed E-state index contributed by atoms with van der Waals surface area (Å²) in [5.41, 5.74) is 0. The van der Waals surface area contributed by atoms with Crippen LogP contribution in [-0.4, -0.2) is 55.6 Å². The van der Waals surface area contributed by atoms with E-state index in [0.29, 0.717) is 0 Å². The standard InChI is InChI=1S/C7H14O5/c1-10-6-5(9)4(3-8)12-7(6)11-2/h4-9H,3H2,1-2H3/t4-,5+,6-,7+/m1/s1. The van der Waals surface area contributed by atoms with Gasteiger partial charge in [-0.1, -0.05) is 0 Å². The van der Waals surface area contributed by atoms with Gasteiger partial charge in [-0.2, -0.15) is 0 Å². The monoisotopic (exact) mass is 178 g/mol. The second kappa shape index (κ2) is 4.15. The highest BCUT2D eigenvalue weighted by atomic mass is 16.7. The van der Waals surface area contributed by atoms with Crippen LogP contribution in [0.2, 0.25) is 0 Å². The van der Waals surface area contributed by atoms with Crippen LogP contribution in [0.15, 0.2) is 0 Å². The predicted octanol–water partition coefficient (Wildman–Crippen LogP) is -1.27. The lowest BCUT2D eigenvalue weighted by molar-refractivity contribution is -0.159. The zero-order valence-electron chi connectivity index (χ0n) is 7.14. The number of aliphatic hydroxyl groups excluding tert-OH is 2. The van der Waals surface area contributed by atoms with E-state index in [1.807, 2.05) is 0 Å². The molecule has 0 radical (unpaired) electrons. The number of hydrogen-bond donors (Lipinski definition) is 2. The molecule has 2 N–H and O–H groups in total. The van der Waals surface area contributed by atoms with E-state index >= 15 is 0 Å². The van der Waals surface area contributed by atoms with E-state index in [0.717, 1.165) is 0 Å². The third-order valence-electron chi connectivity index (χ3n) is 1.98. The topological polar surface area (TPSA) is 68.2 Å². The van der Waals surface area contributed by atoms with E-state index in [4.69, 9.17) is 19.3 Å². The van der Waals surface area contributed by atoms with Crippen LogP contribution in [0.5, 0.6) is 0 Å². The molecule has 72 valence electrons. The Hall–Kier alpha value is -0.200. The van der Waals surface area contributed by atoms with Gasteiger partial charge in [-0.25, -0.2) is 0 Å². The Morgan fingerprint density at radius 2 is 2.00 bits per heavy atom. The molecule has 1 heterocycles. The smallest absolute Gasteiger partial charge is 0.186 e. The SMILES string of the molecule is CO[C@H]1O[C@H](CO)[C@H](O)[C@H]1OC. The van der Waals surface area contributed by atoms with Gasteiger partial charge in [0.15, 0.2) is 6.29 Å². The fraction of sp³-hybridized carbons (Fsp3) is 1.00. The second-order valence-electron chi connectivity index (χ2n) is 2.65. The van der Waals surface area contributed by atoms with Gasteiger partial charge in [0.05, 0.1) is 6.61 Å². The van der Waals surface area contributed by atoms with Crippen molar-refractivity contribution in [2.75, 3.05) is 20.8 Å². The molecule has 0 spiro atoms. The summed E-state index contributed by atoms with van der Waals surface area (Å²) in [6.45, 7) is -0.235. The third-order valence-corrected chi connectivity index (χ3v) is 1.98. The van der Waals surface area contributed by atoms with Gasteiger partial charge in [-0.05, 0) is 0 Å². The molecule has 12 heavy (non-hydrogen) atoms. The highest BCUT2D eigenvalue weighted by Crippen LogP contribution is 2.23. The number of aliphatic hydroxyl groups is 2. The van der Waals surface area contributed by atoms with Gasteiger partial charge in [-0.15, -0.1) is 0 Å². The summed E-state index contributed by atoms with van der Waals surface area (Å²) in [6.07, 6.45) is -2.56. The largest absolute Gasteiger partial charge is 0.394 e. The molecule has 1 aliphatic heterocycles. The summed E-state index contributed by atoms with van der Waals surface area (Å²) in [7, 11) is 2.92. The van der Waals surface area contributed by atoms with Crippen molar-refractivity contribution in [1.29, 1.82) is 0 Å². The molecule has 0 aromatic rings. The lowest BCUT2D eigenvalue weighted by Gasteiger charge is -2.16. The second-order valence-corrected chi connectivity index (χ2v) is 2.65. The van der Waals surface area contributed by atoms with Gasteiger partial charge in [0, 0.05) is 14.2 Å². The van der Waals surface area contributed by atoms with Crippen LogP contribution in [0.25, 0.3) is 0 Å². The maximum Gasteiger partial charge on any atom is 0.186 e. The van der Waals surface area contributed by atoms with E-state index in [1.54, 1.807) is 0 Å². The van der Waals surface area contributed by atoms with E-state index in [2.05, 4.69) is 0 Å². The van der Waals surface area contributed by atoms with Crippen molar-refractivity contribution in [2.24, 2.45) is 0 Å². The van der Waals surface area contributed by atoms with Gasteiger partial charge in [-0.3, -0.25) is 0 Å². The van der Waals surface area contributed by atoms with Crippen molar-refractivity contribution < 1.29 is 24.4 Å². The van der Waals surface area contributed by atoms with Crippen LogP contribution in [0.4, 0.5) is 0 Å². The normalized spacial score (nSPS) is 42.0. The summed E-state index contributed by atoms with van der Waals surface area (Å²) >= 11 is 0. The lowest BCUT2D eigenvalue weighted by atomic mass is 10.1. The lowest BCUT2D eigenvalue weighted by Crippen LogP contribution is -2.35. The molecular weight excluding hydrogens is 164 g/mol. The molecule has 0 aromatic heterocycles. The highest BCUT2D eigenvalue weighted by Gasteiger charge is 2.43. The Morgan fingerprint density at radius 3 is 2.33 bits per heavy atom. The van der Waals surface area contributed by atoms with Gasteiger partial charge in [0.25, 0.3) is 0 Å². The van der Waals surface area contributed by atoms with Crippen LogP contribution in [0.3, 0.4) is 0 Å². The van der Waals surface area contributed by atoms with E-state index in [1.165, 1.54) is 14.2 Å². The molecule has 0 aromatic carbocycles. The van der Waals surface area contributed by atoms with Crippen LogP contribution in [0, 0.1) is 0 Å². The van der Waals surface area contributed by atoms with Crippen LogP contribution in [0.1, 0.15) is 0 Å². The molecule has 1 fully saturated rings. The summed E-state index contributed by atoms with van der Waals surface area (Å²) < 4.78 is 15.0. The van der Waals surface area contributed by atoms with Crippen molar-refractivity contribution >= 4 is 0 Å². The van der Waals surface area contributed by atoms with E-state index < -0.39 is 24.6 Å². The maximum absolute atomic E-state index is 9.46. The maximum atomic E-state index is 9.46. The summed E-state index contributed by atoms with van der Waals surface area (Å²) in [6, 6.07) is 0. The first kappa shape index (κ1) is 9.88. The fourth-order valence-electron chi connectivity index (χ4n) is 1.29. The Labute approximate surface area is 70.9 Å². The molecule has 1 rings (SSSR count). The summed E-state index contributed by atoms with van der Waals surface area (Å²) in [5, 5.41) is 18.2. The third kappa shape index (κ3) is 1.60. The first-order chi connectivity index (χ1) is 5.74. The van der Waals surface area contributed by atoms with E-state index in [9.17, 15) is 5.11 Å². The molecule has 0 unspecified atom stereocenters. The Bertz CT molecular complexity index is 138. The van der Waals surface area contributed by atoms with Gasteiger partial charge < -0.3 is 24.4 Å². The first-order valence-corrected chi connectivity index (χ1v) is 3.74. The Balaban J connectivity index is 2.58. The van der Waals surface area contributed by atoms with Crippen LogP contribution >= 0.6 is 0 Å². The molecule has 5 nitrogen and oxygen atoms in total.